The number of hydrogen-bond acceptors (Lipinski definition) is 3. The first-order valence-electron chi connectivity index (χ1n) is 6.54. The summed E-state index contributed by atoms with van der Waals surface area (Å²) in [4.78, 5) is 23.0. The summed E-state index contributed by atoms with van der Waals surface area (Å²) in [5.74, 6) is -0.910. The molecule has 5 nitrogen and oxygen atoms in total. The Kier molecular flexibility index (Phi) is 7.27. The fourth-order valence-electron chi connectivity index (χ4n) is 1.63. The van der Waals surface area contributed by atoms with Crippen molar-refractivity contribution in [1.29, 1.82) is 0 Å². The van der Waals surface area contributed by atoms with Crippen LogP contribution in [-0.2, 0) is 16.0 Å². The van der Waals surface area contributed by atoms with E-state index in [1.807, 2.05) is 7.05 Å². The van der Waals surface area contributed by atoms with E-state index in [9.17, 15) is 14.0 Å². The SMILES string of the molecule is CNCCCNC(=O)CNC(=O)Cc1cccc(F)c1. The van der Waals surface area contributed by atoms with Gasteiger partial charge < -0.3 is 16.0 Å². The van der Waals surface area contributed by atoms with E-state index in [2.05, 4.69) is 16.0 Å². The van der Waals surface area contributed by atoms with E-state index >= 15 is 0 Å². The van der Waals surface area contributed by atoms with Crippen molar-refractivity contribution >= 4 is 11.8 Å². The van der Waals surface area contributed by atoms with E-state index in [1.54, 1.807) is 12.1 Å². The van der Waals surface area contributed by atoms with Crippen LogP contribution in [0, 0.1) is 5.82 Å². The zero-order valence-electron chi connectivity index (χ0n) is 11.5. The summed E-state index contributed by atoms with van der Waals surface area (Å²) in [5, 5.41) is 8.17. The number of rotatable bonds is 8. The molecule has 2 amide bonds. The van der Waals surface area contributed by atoms with Gasteiger partial charge in [-0.25, -0.2) is 4.39 Å². The van der Waals surface area contributed by atoms with E-state index in [1.165, 1.54) is 12.1 Å². The standard InChI is InChI=1S/C14H20FN3O2/c1-16-6-3-7-17-14(20)10-18-13(19)9-11-4-2-5-12(15)8-11/h2,4-5,8,16H,3,6-7,9-10H2,1H3,(H,17,20)(H,18,19). The van der Waals surface area contributed by atoms with E-state index in [0.717, 1.165) is 13.0 Å². The molecule has 0 aromatic heterocycles. The molecule has 1 rings (SSSR count). The second-order valence-electron chi connectivity index (χ2n) is 4.39. The van der Waals surface area contributed by atoms with Gasteiger partial charge in [0.1, 0.15) is 5.82 Å². The molecule has 0 aliphatic rings. The van der Waals surface area contributed by atoms with E-state index in [-0.39, 0.29) is 30.6 Å². The lowest BCUT2D eigenvalue weighted by molar-refractivity contribution is -0.125. The molecule has 0 saturated carbocycles. The van der Waals surface area contributed by atoms with Gasteiger partial charge >= 0.3 is 0 Å². The largest absolute Gasteiger partial charge is 0.355 e. The maximum absolute atomic E-state index is 12.9. The molecule has 0 heterocycles. The minimum atomic E-state index is -0.377. The number of carbonyl (C=O) groups excluding carboxylic acids is 2. The summed E-state index contributed by atoms with van der Waals surface area (Å²) in [6, 6.07) is 5.84. The lowest BCUT2D eigenvalue weighted by atomic mass is 10.1. The summed E-state index contributed by atoms with van der Waals surface area (Å²) in [7, 11) is 1.84. The third-order valence-electron chi connectivity index (χ3n) is 2.63. The van der Waals surface area contributed by atoms with Crippen LogP contribution < -0.4 is 16.0 Å². The Bertz CT molecular complexity index is 452. The highest BCUT2D eigenvalue weighted by Gasteiger charge is 2.06. The van der Waals surface area contributed by atoms with Crippen molar-refractivity contribution in [3.8, 4) is 0 Å². The highest BCUT2D eigenvalue weighted by atomic mass is 19.1. The third kappa shape index (κ3) is 6.84. The molecular weight excluding hydrogens is 261 g/mol. The molecule has 0 unspecified atom stereocenters. The number of halogens is 1. The fourth-order valence-corrected chi connectivity index (χ4v) is 1.63. The molecule has 1 aromatic rings. The molecule has 20 heavy (non-hydrogen) atoms. The summed E-state index contributed by atoms with van der Waals surface area (Å²) in [6.45, 7) is 1.33. The first-order valence-corrected chi connectivity index (χ1v) is 6.54. The van der Waals surface area contributed by atoms with Crippen LogP contribution in [0.5, 0.6) is 0 Å². The minimum Gasteiger partial charge on any atom is -0.355 e. The Balaban J connectivity index is 2.21. The lowest BCUT2D eigenvalue weighted by Crippen LogP contribution is -2.38. The maximum Gasteiger partial charge on any atom is 0.239 e. The summed E-state index contributed by atoms with van der Waals surface area (Å²) < 4.78 is 12.9. The molecule has 0 aliphatic carbocycles. The van der Waals surface area contributed by atoms with Crippen molar-refractivity contribution < 1.29 is 14.0 Å². The average molecular weight is 281 g/mol. The maximum atomic E-state index is 12.9. The van der Waals surface area contributed by atoms with E-state index in [0.29, 0.717) is 12.1 Å². The molecular formula is C14H20FN3O2. The van der Waals surface area contributed by atoms with Gasteiger partial charge in [-0.1, -0.05) is 12.1 Å². The predicted octanol–water partition coefficient (Wildman–Crippen LogP) is 0.210. The molecule has 0 radical (unpaired) electrons. The normalized spacial score (nSPS) is 10.1. The molecule has 0 fully saturated rings. The molecule has 110 valence electrons. The number of hydrogen-bond donors (Lipinski definition) is 3. The molecule has 0 saturated heterocycles. The molecule has 0 aliphatic heterocycles. The Hall–Kier alpha value is -1.95. The highest BCUT2D eigenvalue weighted by molar-refractivity contribution is 5.85. The van der Waals surface area contributed by atoms with Crippen LogP contribution >= 0.6 is 0 Å². The van der Waals surface area contributed by atoms with Crippen LogP contribution in [0.15, 0.2) is 24.3 Å². The lowest BCUT2D eigenvalue weighted by Gasteiger charge is -2.07. The van der Waals surface area contributed by atoms with Gasteiger partial charge in [-0.05, 0) is 37.7 Å². The van der Waals surface area contributed by atoms with Crippen LogP contribution in [0.2, 0.25) is 0 Å². The van der Waals surface area contributed by atoms with Crippen molar-refractivity contribution in [3.05, 3.63) is 35.6 Å². The minimum absolute atomic E-state index is 0.0603. The van der Waals surface area contributed by atoms with E-state index < -0.39 is 0 Å². The van der Waals surface area contributed by atoms with Gasteiger partial charge in [0.25, 0.3) is 0 Å². The second-order valence-corrected chi connectivity index (χ2v) is 4.39. The monoisotopic (exact) mass is 281 g/mol. The zero-order chi connectivity index (χ0) is 14.8. The predicted molar refractivity (Wildman–Crippen MR) is 74.7 cm³/mol. The number of carbonyl (C=O) groups is 2. The molecule has 1 aromatic carbocycles. The molecule has 0 spiro atoms. The molecule has 0 bridgehead atoms. The summed E-state index contributed by atoms with van der Waals surface area (Å²) >= 11 is 0. The topological polar surface area (TPSA) is 70.2 Å². The van der Waals surface area contributed by atoms with Crippen LogP contribution in [0.1, 0.15) is 12.0 Å². The summed E-state index contributed by atoms with van der Waals surface area (Å²) in [5.41, 5.74) is 0.580. The van der Waals surface area contributed by atoms with Crippen molar-refractivity contribution in [2.24, 2.45) is 0 Å². The van der Waals surface area contributed by atoms with Crippen molar-refractivity contribution in [1.82, 2.24) is 16.0 Å². The number of nitrogens with one attached hydrogen (secondary N) is 3. The van der Waals surface area contributed by atoms with Gasteiger partial charge in [-0.3, -0.25) is 9.59 Å². The van der Waals surface area contributed by atoms with Gasteiger partial charge in [0.2, 0.25) is 11.8 Å². The van der Waals surface area contributed by atoms with Gasteiger partial charge in [-0.15, -0.1) is 0 Å². The van der Waals surface area contributed by atoms with E-state index in [4.69, 9.17) is 0 Å². The van der Waals surface area contributed by atoms with Crippen molar-refractivity contribution in [3.63, 3.8) is 0 Å². The fraction of sp³-hybridized carbons (Fsp3) is 0.429. The van der Waals surface area contributed by atoms with Gasteiger partial charge in [0.15, 0.2) is 0 Å². The first kappa shape index (κ1) is 16.1. The van der Waals surface area contributed by atoms with Crippen LogP contribution in [0.25, 0.3) is 0 Å². The second kappa shape index (κ2) is 9.03. The van der Waals surface area contributed by atoms with Crippen LogP contribution in [-0.4, -0.2) is 38.5 Å². The van der Waals surface area contributed by atoms with Gasteiger partial charge in [0.05, 0.1) is 13.0 Å². The smallest absolute Gasteiger partial charge is 0.239 e. The van der Waals surface area contributed by atoms with Crippen LogP contribution in [0.4, 0.5) is 4.39 Å². The summed E-state index contributed by atoms with van der Waals surface area (Å²) in [6.07, 6.45) is 0.893. The average Bonchev–Trinajstić information content (AvgIpc) is 2.41. The molecule has 6 heteroatoms. The van der Waals surface area contributed by atoms with Crippen molar-refractivity contribution in [2.45, 2.75) is 12.8 Å². The first-order chi connectivity index (χ1) is 9.61. The molecule has 0 atom stereocenters. The number of amides is 2. The van der Waals surface area contributed by atoms with Gasteiger partial charge in [-0.2, -0.15) is 0 Å². The van der Waals surface area contributed by atoms with Gasteiger partial charge in [0, 0.05) is 6.54 Å². The Morgan fingerprint density at radius 3 is 2.65 bits per heavy atom. The quantitative estimate of drug-likeness (QED) is 0.597. The van der Waals surface area contributed by atoms with Crippen molar-refractivity contribution in [2.75, 3.05) is 26.7 Å². The Labute approximate surface area is 117 Å². The van der Waals surface area contributed by atoms with Crippen LogP contribution in [0.3, 0.4) is 0 Å². The third-order valence-corrected chi connectivity index (χ3v) is 2.63. The zero-order valence-corrected chi connectivity index (χ0v) is 11.5. The Morgan fingerprint density at radius 1 is 1.15 bits per heavy atom. The highest BCUT2D eigenvalue weighted by Crippen LogP contribution is 2.03. The molecule has 3 N–H and O–H groups in total. The number of benzene rings is 1. The Morgan fingerprint density at radius 2 is 1.95 bits per heavy atom.